The van der Waals surface area contributed by atoms with Gasteiger partial charge in [0.2, 0.25) is 0 Å². The molecule has 2 bridgehead atoms. The second-order valence-electron chi connectivity index (χ2n) is 6.52. The highest BCUT2D eigenvalue weighted by molar-refractivity contribution is 5.92. The molecule has 0 N–H and O–H groups in total. The molecule has 1 saturated carbocycles. The topological polar surface area (TPSA) is 51.0 Å². The van der Waals surface area contributed by atoms with Gasteiger partial charge in [-0.1, -0.05) is 29.5 Å². The van der Waals surface area contributed by atoms with Gasteiger partial charge in [-0.15, -0.1) is 5.10 Å². The van der Waals surface area contributed by atoms with Gasteiger partial charge in [0.15, 0.2) is 5.69 Å². The number of aromatic nitrogens is 3. The van der Waals surface area contributed by atoms with Crippen LogP contribution in [0.5, 0.6) is 0 Å². The van der Waals surface area contributed by atoms with Crippen LogP contribution in [0.4, 0.5) is 0 Å². The Bertz CT molecular complexity index is 708. The van der Waals surface area contributed by atoms with Gasteiger partial charge in [-0.3, -0.25) is 4.79 Å². The Morgan fingerprint density at radius 2 is 2.18 bits per heavy atom. The molecule has 1 aliphatic heterocycles. The molecule has 0 unspecified atom stereocenters. The zero-order valence-corrected chi connectivity index (χ0v) is 12.8. The molecule has 0 radical (unpaired) electrons. The number of rotatable bonds is 3. The number of benzene rings is 1. The van der Waals surface area contributed by atoms with Crippen molar-refractivity contribution in [2.24, 2.45) is 5.92 Å². The van der Waals surface area contributed by atoms with E-state index in [-0.39, 0.29) is 5.91 Å². The second kappa shape index (κ2) is 5.23. The van der Waals surface area contributed by atoms with Gasteiger partial charge < -0.3 is 4.90 Å². The van der Waals surface area contributed by atoms with Crippen molar-refractivity contribution in [2.45, 2.75) is 38.8 Å². The fourth-order valence-electron chi connectivity index (χ4n) is 3.76. The number of nitrogens with zero attached hydrogens (tertiary/aromatic N) is 4. The fraction of sp³-hybridized carbons (Fsp3) is 0.471. The molecule has 2 heterocycles. The Labute approximate surface area is 129 Å². The second-order valence-corrected chi connectivity index (χ2v) is 6.52. The van der Waals surface area contributed by atoms with Crippen LogP contribution in [0.2, 0.25) is 0 Å². The summed E-state index contributed by atoms with van der Waals surface area (Å²) in [5.41, 5.74) is 2.90. The van der Waals surface area contributed by atoms with Crippen LogP contribution in [0.3, 0.4) is 0 Å². The molecule has 0 spiro atoms. The first kappa shape index (κ1) is 13.5. The smallest absolute Gasteiger partial charge is 0.276 e. The van der Waals surface area contributed by atoms with Crippen LogP contribution in [0.25, 0.3) is 0 Å². The van der Waals surface area contributed by atoms with Crippen LogP contribution >= 0.6 is 0 Å². The van der Waals surface area contributed by atoms with E-state index in [1.54, 1.807) is 10.9 Å². The first-order chi connectivity index (χ1) is 10.7. The van der Waals surface area contributed by atoms with Gasteiger partial charge >= 0.3 is 0 Å². The number of aryl methyl sites for hydroxylation is 1. The van der Waals surface area contributed by atoms with Gasteiger partial charge in [0.05, 0.1) is 12.7 Å². The molecule has 2 aliphatic rings. The van der Waals surface area contributed by atoms with Crippen LogP contribution < -0.4 is 0 Å². The van der Waals surface area contributed by atoms with Crippen LogP contribution in [0, 0.1) is 12.8 Å². The lowest BCUT2D eigenvalue weighted by molar-refractivity contribution is 0.0697. The van der Waals surface area contributed by atoms with Crippen molar-refractivity contribution in [2.75, 3.05) is 6.54 Å². The number of carbonyl (C=O) groups excluding carboxylic acids is 1. The Morgan fingerprint density at radius 1 is 1.32 bits per heavy atom. The lowest BCUT2D eigenvalue weighted by Gasteiger charge is -2.25. The van der Waals surface area contributed by atoms with Crippen molar-refractivity contribution in [1.82, 2.24) is 19.9 Å². The zero-order chi connectivity index (χ0) is 15.1. The van der Waals surface area contributed by atoms with Crippen molar-refractivity contribution in [3.05, 3.63) is 47.3 Å². The first-order valence-corrected chi connectivity index (χ1v) is 7.96. The lowest BCUT2D eigenvalue weighted by Crippen LogP contribution is -2.37. The number of fused-ring (bicyclic) bond motifs is 2. The number of likely N-dealkylation sites (tertiary alicyclic amines) is 1. The van der Waals surface area contributed by atoms with E-state index in [4.69, 9.17) is 0 Å². The average molecular weight is 296 g/mol. The Morgan fingerprint density at radius 3 is 2.91 bits per heavy atom. The molecule has 1 aliphatic carbocycles. The molecule has 2 fully saturated rings. The molecule has 1 aromatic heterocycles. The number of hydrogen-bond acceptors (Lipinski definition) is 3. The maximum Gasteiger partial charge on any atom is 0.276 e. The Balaban J connectivity index is 1.50. The van der Waals surface area contributed by atoms with E-state index in [2.05, 4.69) is 29.4 Å². The number of hydrogen-bond donors (Lipinski definition) is 0. The largest absolute Gasteiger partial charge is 0.334 e. The summed E-state index contributed by atoms with van der Waals surface area (Å²) in [5, 5.41) is 8.22. The third kappa shape index (κ3) is 2.30. The third-order valence-corrected chi connectivity index (χ3v) is 5.02. The zero-order valence-electron chi connectivity index (χ0n) is 12.8. The monoisotopic (exact) mass is 296 g/mol. The Hall–Kier alpha value is -2.17. The summed E-state index contributed by atoms with van der Waals surface area (Å²) in [4.78, 5) is 14.6. The van der Waals surface area contributed by atoms with Gasteiger partial charge in [0, 0.05) is 12.6 Å². The number of carbonyl (C=O) groups is 1. The van der Waals surface area contributed by atoms with Crippen LogP contribution in [0.15, 0.2) is 30.5 Å². The minimum atomic E-state index is 0.0447. The van der Waals surface area contributed by atoms with Gasteiger partial charge in [-0.25, -0.2) is 4.68 Å². The van der Waals surface area contributed by atoms with Gasteiger partial charge in [-0.05, 0) is 43.2 Å². The van der Waals surface area contributed by atoms with Gasteiger partial charge in [0.1, 0.15) is 0 Å². The van der Waals surface area contributed by atoms with Crippen molar-refractivity contribution in [3.63, 3.8) is 0 Å². The summed E-state index contributed by atoms with van der Waals surface area (Å²) in [6, 6.07) is 8.64. The molecule has 1 amide bonds. The van der Waals surface area contributed by atoms with E-state index in [0.29, 0.717) is 24.2 Å². The molecule has 114 valence electrons. The SMILES string of the molecule is Cc1ccccc1Cn1cc(C(=O)N2C[C@H]3CC[C@H]2C3)nn1. The fourth-order valence-corrected chi connectivity index (χ4v) is 3.76. The Kier molecular flexibility index (Phi) is 3.21. The molecule has 1 aromatic carbocycles. The predicted molar refractivity (Wildman–Crippen MR) is 82.5 cm³/mol. The first-order valence-electron chi connectivity index (χ1n) is 7.96. The highest BCUT2D eigenvalue weighted by Gasteiger charge is 2.41. The third-order valence-electron chi connectivity index (χ3n) is 5.02. The van der Waals surface area contributed by atoms with Gasteiger partial charge in [0.25, 0.3) is 5.91 Å². The summed E-state index contributed by atoms with van der Waals surface area (Å²) < 4.78 is 1.75. The van der Waals surface area contributed by atoms with Crippen LogP contribution in [-0.4, -0.2) is 38.4 Å². The standard InChI is InChI=1S/C17H20N4O/c1-12-4-2-3-5-14(12)10-20-11-16(18-19-20)17(22)21-9-13-6-7-15(21)8-13/h2-5,11,13,15H,6-10H2,1H3/t13-,15-/m0/s1. The quantitative estimate of drug-likeness (QED) is 0.873. The molecule has 1 saturated heterocycles. The molecular formula is C17H20N4O. The normalized spacial score (nSPS) is 23.2. The minimum Gasteiger partial charge on any atom is -0.334 e. The minimum absolute atomic E-state index is 0.0447. The lowest BCUT2D eigenvalue weighted by atomic mass is 10.1. The summed E-state index contributed by atoms with van der Waals surface area (Å²) in [6.07, 6.45) is 5.37. The van der Waals surface area contributed by atoms with Crippen LogP contribution in [-0.2, 0) is 6.54 Å². The summed E-state index contributed by atoms with van der Waals surface area (Å²) >= 11 is 0. The highest BCUT2D eigenvalue weighted by atomic mass is 16.2. The van der Waals surface area contributed by atoms with Gasteiger partial charge in [-0.2, -0.15) is 0 Å². The number of amides is 1. The summed E-state index contributed by atoms with van der Waals surface area (Å²) in [7, 11) is 0. The molecule has 2 aromatic rings. The molecule has 22 heavy (non-hydrogen) atoms. The van der Waals surface area contributed by atoms with Crippen LogP contribution in [0.1, 0.15) is 40.9 Å². The van der Waals surface area contributed by atoms with Crippen molar-refractivity contribution in [1.29, 1.82) is 0 Å². The van der Waals surface area contributed by atoms with E-state index >= 15 is 0 Å². The molecular weight excluding hydrogens is 276 g/mol. The molecule has 5 nitrogen and oxygen atoms in total. The van der Waals surface area contributed by atoms with E-state index in [0.717, 1.165) is 13.0 Å². The maximum absolute atomic E-state index is 12.6. The average Bonchev–Trinajstić information content (AvgIpc) is 3.25. The summed E-state index contributed by atoms with van der Waals surface area (Å²) in [5.74, 6) is 0.749. The highest BCUT2D eigenvalue weighted by Crippen LogP contribution is 2.37. The predicted octanol–water partition coefficient (Wildman–Crippen LogP) is 2.26. The molecule has 2 atom stereocenters. The van der Waals surface area contributed by atoms with Crippen molar-refractivity contribution in [3.8, 4) is 0 Å². The summed E-state index contributed by atoms with van der Waals surface area (Å²) in [6.45, 7) is 3.63. The van der Waals surface area contributed by atoms with Crippen molar-refractivity contribution < 1.29 is 4.79 Å². The molecule has 4 rings (SSSR count). The van der Waals surface area contributed by atoms with E-state index in [9.17, 15) is 4.79 Å². The maximum atomic E-state index is 12.6. The molecule has 5 heteroatoms. The van der Waals surface area contributed by atoms with Crippen molar-refractivity contribution >= 4 is 5.91 Å². The number of piperidine rings is 1. The van der Waals surface area contributed by atoms with E-state index in [1.807, 2.05) is 17.0 Å². The van der Waals surface area contributed by atoms with E-state index < -0.39 is 0 Å². The van der Waals surface area contributed by atoms with E-state index in [1.165, 1.54) is 24.0 Å².